The Balaban J connectivity index is 1.46. The smallest absolute Gasteiger partial charge is 0.155 e. The second-order valence-electron chi connectivity index (χ2n) is 8.90. The van der Waals surface area contributed by atoms with E-state index in [0.717, 1.165) is 48.7 Å². The number of hydrogen-bond donors (Lipinski definition) is 2. The first-order valence-corrected chi connectivity index (χ1v) is 11.3. The third kappa shape index (κ3) is 3.69. The predicted octanol–water partition coefficient (Wildman–Crippen LogP) is 3.21. The van der Waals surface area contributed by atoms with Gasteiger partial charge in [0, 0.05) is 30.6 Å². The molecule has 4 rings (SSSR count). The van der Waals surface area contributed by atoms with E-state index in [9.17, 15) is 4.55 Å². The molecule has 1 aliphatic heterocycles. The lowest BCUT2D eigenvalue weighted by Gasteiger charge is -2.43. The molecule has 2 atom stereocenters. The Morgan fingerprint density at radius 2 is 2.04 bits per heavy atom. The van der Waals surface area contributed by atoms with Gasteiger partial charge in [-0.2, -0.15) is 0 Å². The first kappa shape index (κ1) is 19.4. The van der Waals surface area contributed by atoms with Crippen LogP contribution in [0.5, 0.6) is 0 Å². The van der Waals surface area contributed by atoms with E-state index in [4.69, 9.17) is 4.98 Å². The van der Waals surface area contributed by atoms with Crippen LogP contribution in [0.4, 0.5) is 5.82 Å². The van der Waals surface area contributed by atoms with Crippen LogP contribution in [-0.4, -0.2) is 42.8 Å². The Morgan fingerprint density at radius 1 is 1.30 bits per heavy atom. The Bertz CT molecular complexity index is 810. The molecule has 3 heterocycles. The molecule has 1 spiro atoms. The molecule has 6 nitrogen and oxygen atoms in total. The maximum atomic E-state index is 12.6. The number of nitrogens with zero attached hydrogens (tertiary/aromatic N) is 4. The zero-order chi connectivity index (χ0) is 19.2. The minimum atomic E-state index is -1.01. The summed E-state index contributed by atoms with van der Waals surface area (Å²) in [5.74, 6) is 0.994. The second kappa shape index (κ2) is 7.13. The van der Waals surface area contributed by atoms with Crippen molar-refractivity contribution in [3.05, 3.63) is 18.7 Å². The largest absolute Gasteiger partial charge is 0.598 e. The molecule has 148 valence electrons. The first-order valence-electron chi connectivity index (χ1n) is 9.73. The van der Waals surface area contributed by atoms with Crippen LogP contribution in [0.1, 0.15) is 52.9 Å². The molecule has 2 aliphatic rings. The third-order valence-corrected chi connectivity index (χ3v) is 8.06. The van der Waals surface area contributed by atoms with Crippen molar-refractivity contribution in [2.75, 3.05) is 18.0 Å². The van der Waals surface area contributed by atoms with Gasteiger partial charge in [-0.05, 0) is 51.9 Å². The standard InChI is InChI=1S/C19H29N5OS2/c1-18(2,3)27(25)22-15-5-4-6-19(15)7-9-23(10-8-19)16-12-24-13-20-11-14(26)17(24)21-16/h11-13,15,22,26H,4-10H2,1-3H3/t15-,27?/m1/s1. The zero-order valence-electron chi connectivity index (χ0n) is 16.3. The maximum absolute atomic E-state index is 12.6. The van der Waals surface area contributed by atoms with Crippen LogP contribution in [0.2, 0.25) is 0 Å². The monoisotopic (exact) mass is 407 g/mol. The lowest BCUT2D eigenvalue weighted by atomic mass is 9.74. The van der Waals surface area contributed by atoms with Gasteiger partial charge in [0.05, 0.1) is 17.1 Å². The van der Waals surface area contributed by atoms with E-state index < -0.39 is 11.4 Å². The molecule has 1 aliphatic carbocycles. The average molecular weight is 408 g/mol. The summed E-state index contributed by atoms with van der Waals surface area (Å²) in [6.07, 6.45) is 11.4. The summed E-state index contributed by atoms with van der Waals surface area (Å²) >= 11 is 3.45. The molecule has 0 aromatic carbocycles. The minimum absolute atomic E-state index is 0.223. The van der Waals surface area contributed by atoms with Crippen LogP contribution in [0.25, 0.3) is 5.65 Å². The van der Waals surface area contributed by atoms with Crippen molar-refractivity contribution >= 4 is 35.5 Å². The molecule has 1 saturated carbocycles. The van der Waals surface area contributed by atoms with Crippen LogP contribution in [0.3, 0.4) is 0 Å². The summed E-state index contributed by atoms with van der Waals surface area (Å²) in [4.78, 5) is 12.1. The lowest BCUT2D eigenvalue weighted by Crippen LogP contribution is -2.53. The summed E-state index contributed by atoms with van der Waals surface area (Å²) < 4.78 is 17.8. The Kier molecular flexibility index (Phi) is 5.12. The van der Waals surface area contributed by atoms with Crippen molar-refractivity contribution in [2.24, 2.45) is 5.41 Å². The van der Waals surface area contributed by atoms with Crippen molar-refractivity contribution in [2.45, 2.75) is 68.6 Å². The molecule has 2 aromatic rings. The fourth-order valence-electron chi connectivity index (χ4n) is 4.45. The van der Waals surface area contributed by atoms with Gasteiger partial charge in [-0.15, -0.1) is 17.4 Å². The van der Waals surface area contributed by atoms with Crippen molar-refractivity contribution in [3.63, 3.8) is 0 Å². The Labute approximate surface area is 169 Å². The van der Waals surface area contributed by atoms with E-state index in [1.54, 1.807) is 12.5 Å². The molecule has 0 bridgehead atoms. The molecule has 2 aromatic heterocycles. The highest BCUT2D eigenvalue weighted by Gasteiger charge is 2.47. The topological polar surface area (TPSA) is 68.5 Å². The van der Waals surface area contributed by atoms with Gasteiger partial charge < -0.3 is 9.45 Å². The molecule has 1 saturated heterocycles. The fraction of sp³-hybridized carbons (Fsp3) is 0.684. The molecule has 1 unspecified atom stereocenters. The van der Waals surface area contributed by atoms with Crippen LogP contribution >= 0.6 is 12.6 Å². The summed E-state index contributed by atoms with van der Waals surface area (Å²) in [7, 11) is 0. The summed E-state index contributed by atoms with van der Waals surface area (Å²) in [5.41, 5.74) is 1.12. The molecule has 2 fully saturated rings. The SMILES string of the molecule is CC(C)(C)[S+]([O-])N[C@@H]1CCCC12CCN(c1cn3cncc(S)c3n1)CC2. The normalized spacial score (nSPS) is 24.0. The summed E-state index contributed by atoms with van der Waals surface area (Å²) in [5, 5.41) is 0. The fourth-order valence-corrected chi connectivity index (χ4v) is 5.66. The molecule has 0 radical (unpaired) electrons. The Hall–Kier alpha value is -0.960. The van der Waals surface area contributed by atoms with Crippen LogP contribution in [0, 0.1) is 5.41 Å². The second-order valence-corrected chi connectivity index (χ2v) is 11.4. The number of nitrogens with one attached hydrogen (secondary N) is 1. The number of anilines is 1. The van der Waals surface area contributed by atoms with Gasteiger partial charge in [-0.3, -0.25) is 4.40 Å². The molecular formula is C19H29N5OS2. The highest BCUT2D eigenvalue weighted by atomic mass is 32.2. The van der Waals surface area contributed by atoms with Gasteiger partial charge in [0.25, 0.3) is 0 Å². The number of imidazole rings is 1. The van der Waals surface area contributed by atoms with Crippen LogP contribution < -0.4 is 9.62 Å². The molecule has 0 amide bonds. The van der Waals surface area contributed by atoms with Crippen molar-refractivity contribution < 1.29 is 4.55 Å². The van der Waals surface area contributed by atoms with E-state index >= 15 is 0 Å². The van der Waals surface area contributed by atoms with E-state index in [0.29, 0.717) is 6.04 Å². The Morgan fingerprint density at radius 3 is 2.70 bits per heavy atom. The quantitative estimate of drug-likeness (QED) is 0.604. The number of piperidine rings is 1. The van der Waals surface area contributed by atoms with Gasteiger partial charge in [-0.1, -0.05) is 6.42 Å². The highest BCUT2D eigenvalue weighted by molar-refractivity contribution is 7.90. The number of hydrogen-bond acceptors (Lipinski definition) is 6. The van der Waals surface area contributed by atoms with E-state index in [1.807, 2.05) is 31.4 Å². The molecular weight excluding hydrogens is 378 g/mol. The predicted molar refractivity (Wildman–Crippen MR) is 113 cm³/mol. The number of rotatable bonds is 3. The molecule has 27 heavy (non-hydrogen) atoms. The number of fused-ring (bicyclic) bond motifs is 1. The van der Waals surface area contributed by atoms with Gasteiger partial charge in [-0.25, -0.2) is 9.97 Å². The summed E-state index contributed by atoms with van der Waals surface area (Å²) in [6, 6.07) is 0.356. The maximum Gasteiger partial charge on any atom is 0.155 e. The minimum Gasteiger partial charge on any atom is -0.598 e. The summed E-state index contributed by atoms with van der Waals surface area (Å²) in [6.45, 7) is 8.08. The number of thiol groups is 1. The van der Waals surface area contributed by atoms with E-state index in [-0.39, 0.29) is 10.2 Å². The molecule has 8 heteroatoms. The van der Waals surface area contributed by atoms with Crippen LogP contribution in [-0.2, 0) is 11.4 Å². The van der Waals surface area contributed by atoms with Gasteiger partial charge in [0.1, 0.15) is 16.9 Å². The van der Waals surface area contributed by atoms with Crippen molar-refractivity contribution in [1.82, 2.24) is 19.1 Å². The van der Waals surface area contributed by atoms with Crippen LogP contribution in [0.15, 0.2) is 23.6 Å². The van der Waals surface area contributed by atoms with Crippen molar-refractivity contribution in [1.29, 1.82) is 0 Å². The number of aromatic nitrogens is 3. The molecule has 1 N–H and O–H groups in total. The van der Waals surface area contributed by atoms with Gasteiger partial charge in [0.2, 0.25) is 0 Å². The lowest BCUT2D eigenvalue weighted by molar-refractivity contribution is 0.186. The van der Waals surface area contributed by atoms with Crippen molar-refractivity contribution in [3.8, 4) is 0 Å². The van der Waals surface area contributed by atoms with Gasteiger partial charge >= 0.3 is 0 Å². The highest BCUT2D eigenvalue weighted by Crippen LogP contribution is 2.47. The first-order chi connectivity index (χ1) is 12.8. The van der Waals surface area contributed by atoms with E-state index in [2.05, 4.69) is 27.2 Å². The van der Waals surface area contributed by atoms with E-state index in [1.165, 1.54) is 12.8 Å². The third-order valence-electron chi connectivity index (χ3n) is 6.13. The zero-order valence-corrected chi connectivity index (χ0v) is 18.0. The van der Waals surface area contributed by atoms with Gasteiger partial charge in [0.15, 0.2) is 5.65 Å². The average Bonchev–Trinajstić information content (AvgIpc) is 3.21.